The van der Waals surface area contributed by atoms with Crippen LogP contribution in [0.4, 0.5) is 57.1 Å². The first-order valence-corrected chi connectivity index (χ1v) is 5.55. The molecule has 0 aromatic rings. The van der Waals surface area contributed by atoms with Crippen molar-refractivity contribution in [3.63, 3.8) is 0 Å². The predicted octanol–water partition coefficient (Wildman–Crippen LogP) is 4.78. The maximum Gasteiger partial charge on any atom is 0.460 e. The molecule has 25 heavy (non-hydrogen) atoms. The molecule has 0 aliphatic heterocycles. The number of nitro groups is 1. The molecule has 0 unspecified atom stereocenters. The smallest absolute Gasteiger partial charge is 0.264 e. The van der Waals surface area contributed by atoms with E-state index < -0.39 is 60.1 Å². The highest BCUT2D eigenvalue weighted by molar-refractivity contribution is 5.13. The summed E-state index contributed by atoms with van der Waals surface area (Å²) in [4.78, 5) is 7.96. The molecular formula is C9H6F13NO2. The van der Waals surface area contributed by atoms with E-state index in [4.69, 9.17) is 0 Å². The Morgan fingerprint density at radius 3 is 1.04 bits per heavy atom. The van der Waals surface area contributed by atoms with Crippen LogP contribution in [0.25, 0.3) is 0 Å². The van der Waals surface area contributed by atoms with Gasteiger partial charge in [-0.15, -0.1) is 0 Å². The lowest BCUT2D eigenvalue weighted by molar-refractivity contribution is -0.607. The third-order valence-electron chi connectivity index (χ3n) is 3.16. The second-order valence-corrected chi connectivity index (χ2v) is 5.19. The zero-order valence-electron chi connectivity index (χ0n) is 11.7. The van der Waals surface area contributed by atoms with Crippen molar-refractivity contribution in [3.8, 4) is 0 Å². The van der Waals surface area contributed by atoms with Crippen LogP contribution in [0.5, 0.6) is 0 Å². The summed E-state index contributed by atoms with van der Waals surface area (Å²) in [5.41, 5.74) is -4.44. The molecule has 150 valence electrons. The van der Waals surface area contributed by atoms with E-state index in [1.165, 1.54) is 0 Å². The summed E-state index contributed by atoms with van der Waals surface area (Å²) in [6.07, 6.45) is -7.52. The van der Waals surface area contributed by atoms with Crippen molar-refractivity contribution in [2.75, 3.05) is 0 Å². The molecule has 16 heteroatoms. The molecule has 0 aliphatic rings. The third kappa shape index (κ3) is 2.76. The van der Waals surface area contributed by atoms with Crippen molar-refractivity contribution in [3.05, 3.63) is 10.1 Å². The number of rotatable bonds is 6. The Hall–Kier alpha value is -1.51. The Labute approximate surface area is 128 Å². The molecule has 0 radical (unpaired) electrons. The minimum atomic E-state index is -8.07. The average molecular weight is 407 g/mol. The molecule has 0 heterocycles. The molecular weight excluding hydrogens is 401 g/mol. The topological polar surface area (TPSA) is 43.1 Å². The largest absolute Gasteiger partial charge is 0.460 e. The van der Waals surface area contributed by atoms with Gasteiger partial charge in [0, 0.05) is 18.8 Å². The van der Waals surface area contributed by atoms with Gasteiger partial charge in [0.25, 0.3) is 5.54 Å². The maximum absolute atomic E-state index is 13.4. The van der Waals surface area contributed by atoms with Crippen LogP contribution >= 0.6 is 0 Å². The molecule has 0 atom stereocenters. The summed E-state index contributed by atoms with van der Waals surface area (Å²) in [5, 5.41) is 10.3. The minimum absolute atomic E-state index is 0.447. The molecule has 0 fully saturated rings. The summed E-state index contributed by atoms with van der Waals surface area (Å²) >= 11 is 0. The van der Waals surface area contributed by atoms with Gasteiger partial charge in [0.15, 0.2) is 0 Å². The lowest BCUT2D eigenvalue weighted by atomic mass is 9.85. The Morgan fingerprint density at radius 2 is 0.800 bits per heavy atom. The van der Waals surface area contributed by atoms with E-state index in [9.17, 15) is 67.2 Å². The van der Waals surface area contributed by atoms with Crippen LogP contribution in [0, 0.1) is 10.1 Å². The molecule has 3 nitrogen and oxygen atoms in total. The summed E-state index contributed by atoms with van der Waals surface area (Å²) in [6, 6.07) is 0. The first-order chi connectivity index (χ1) is 10.4. The van der Waals surface area contributed by atoms with E-state index in [2.05, 4.69) is 0 Å². The fourth-order valence-corrected chi connectivity index (χ4v) is 1.27. The molecule has 0 aromatic heterocycles. The molecule has 0 amide bonds. The highest BCUT2D eigenvalue weighted by Crippen LogP contribution is 2.61. The van der Waals surface area contributed by atoms with Gasteiger partial charge in [-0.05, 0) is 0 Å². The van der Waals surface area contributed by atoms with Gasteiger partial charge in [0.1, 0.15) is 0 Å². The van der Waals surface area contributed by atoms with Crippen molar-refractivity contribution >= 4 is 0 Å². The average Bonchev–Trinajstić information content (AvgIpc) is 2.35. The van der Waals surface area contributed by atoms with Crippen LogP contribution in [0.2, 0.25) is 0 Å². The minimum Gasteiger partial charge on any atom is -0.264 e. The Morgan fingerprint density at radius 1 is 0.560 bits per heavy atom. The first kappa shape index (κ1) is 23.5. The summed E-state index contributed by atoms with van der Waals surface area (Å²) < 4.78 is 166. The van der Waals surface area contributed by atoms with Gasteiger partial charge in [-0.1, -0.05) is 0 Å². The monoisotopic (exact) mass is 407 g/mol. The number of halogens is 13. The van der Waals surface area contributed by atoms with E-state index in [0.717, 1.165) is 0 Å². The van der Waals surface area contributed by atoms with Gasteiger partial charge in [-0.2, -0.15) is 57.1 Å². The number of hydrogen-bond donors (Lipinski definition) is 0. The quantitative estimate of drug-likeness (QED) is 0.362. The zero-order chi connectivity index (χ0) is 21.1. The van der Waals surface area contributed by atoms with E-state index in [1.807, 2.05) is 0 Å². The van der Waals surface area contributed by atoms with Gasteiger partial charge in [-0.25, -0.2) is 0 Å². The van der Waals surface area contributed by atoms with Crippen LogP contribution < -0.4 is 0 Å². The molecule has 0 saturated carbocycles. The Kier molecular flexibility index (Phi) is 5.16. The second-order valence-electron chi connectivity index (χ2n) is 5.19. The SMILES string of the molecule is CC(C)([N+](=O)[O-])C(F)(F)C(F)(F)C(F)(F)C(F)(F)C(F)(F)C(F)(F)F. The fourth-order valence-electron chi connectivity index (χ4n) is 1.27. The second kappa shape index (κ2) is 5.49. The number of nitrogens with zero attached hydrogens (tertiary/aromatic N) is 1. The highest BCUT2D eigenvalue weighted by atomic mass is 19.4. The molecule has 0 saturated heterocycles. The van der Waals surface area contributed by atoms with Crippen LogP contribution in [0.15, 0.2) is 0 Å². The maximum atomic E-state index is 13.4. The fraction of sp³-hybridized carbons (Fsp3) is 1.00. The van der Waals surface area contributed by atoms with Gasteiger partial charge in [-0.3, -0.25) is 10.1 Å². The standard InChI is InChI=1S/C9H6F13NO2/c1-3(2,23(24)25)4(10,11)5(12,13)6(14,15)7(16,17)8(18,19)9(20,21)22/h1-2H3. The normalized spacial score (nSPS) is 16.1. The molecule has 0 bridgehead atoms. The summed E-state index contributed by atoms with van der Waals surface area (Å²) in [6.45, 7) is -0.895. The van der Waals surface area contributed by atoms with E-state index >= 15 is 0 Å². The third-order valence-corrected chi connectivity index (χ3v) is 3.16. The Bertz CT molecular complexity index is 536. The van der Waals surface area contributed by atoms with Gasteiger partial charge < -0.3 is 0 Å². The van der Waals surface area contributed by atoms with Crippen molar-refractivity contribution < 1.29 is 62.0 Å². The van der Waals surface area contributed by atoms with Crippen LogP contribution in [0.1, 0.15) is 13.8 Å². The van der Waals surface area contributed by atoms with Crippen molar-refractivity contribution in [1.82, 2.24) is 0 Å². The first-order valence-electron chi connectivity index (χ1n) is 5.55. The van der Waals surface area contributed by atoms with Crippen LogP contribution in [-0.2, 0) is 0 Å². The van der Waals surface area contributed by atoms with E-state index in [-0.39, 0.29) is 0 Å². The molecule has 0 spiro atoms. The zero-order valence-corrected chi connectivity index (χ0v) is 11.7. The lowest BCUT2D eigenvalue weighted by Crippen LogP contribution is -2.73. The van der Waals surface area contributed by atoms with E-state index in [0.29, 0.717) is 0 Å². The molecule has 0 aliphatic carbocycles. The summed E-state index contributed by atoms with van der Waals surface area (Å²) in [7, 11) is 0. The van der Waals surface area contributed by atoms with Gasteiger partial charge in [0.05, 0.1) is 0 Å². The predicted molar refractivity (Wildman–Crippen MR) is 51.9 cm³/mol. The Balaban J connectivity index is 6.55. The van der Waals surface area contributed by atoms with Crippen LogP contribution in [-0.4, -0.2) is 46.3 Å². The van der Waals surface area contributed by atoms with Crippen molar-refractivity contribution in [1.29, 1.82) is 0 Å². The summed E-state index contributed by atoms with van der Waals surface area (Å²) in [5.74, 6) is -38.4. The highest BCUT2D eigenvalue weighted by Gasteiger charge is 2.93. The van der Waals surface area contributed by atoms with Crippen molar-refractivity contribution in [2.24, 2.45) is 0 Å². The van der Waals surface area contributed by atoms with Gasteiger partial charge >= 0.3 is 35.8 Å². The van der Waals surface area contributed by atoms with Crippen molar-refractivity contribution in [2.45, 2.75) is 55.2 Å². The molecule has 0 aromatic carbocycles. The van der Waals surface area contributed by atoms with Crippen LogP contribution in [0.3, 0.4) is 0 Å². The number of alkyl halides is 13. The number of hydrogen-bond acceptors (Lipinski definition) is 2. The van der Waals surface area contributed by atoms with E-state index in [1.54, 1.807) is 0 Å². The lowest BCUT2D eigenvalue weighted by Gasteiger charge is -2.41. The molecule has 0 N–H and O–H groups in total. The molecule has 0 rings (SSSR count). The van der Waals surface area contributed by atoms with Gasteiger partial charge in [0.2, 0.25) is 0 Å².